The minimum Gasteiger partial charge on any atom is -0.324 e. The second-order valence-electron chi connectivity index (χ2n) is 7.99. The van der Waals surface area contributed by atoms with Crippen LogP contribution in [0.2, 0.25) is 0 Å². The van der Waals surface area contributed by atoms with Crippen molar-refractivity contribution in [3.05, 3.63) is 102 Å². The Bertz CT molecular complexity index is 1390. The number of nitrogens with zero attached hydrogens (tertiary/aromatic N) is 3. The zero-order valence-electron chi connectivity index (χ0n) is 16.6. The molecule has 29 heavy (non-hydrogen) atoms. The first-order chi connectivity index (χ1) is 14.2. The Labute approximate surface area is 170 Å². The van der Waals surface area contributed by atoms with Gasteiger partial charge in [-0.15, -0.1) is 0 Å². The van der Waals surface area contributed by atoms with Crippen LogP contribution in [-0.2, 0) is 13.5 Å². The van der Waals surface area contributed by atoms with E-state index in [9.17, 15) is 0 Å². The van der Waals surface area contributed by atoms with Crippen molar-refractivity contribution in [2.75, 3.05) is 0 Å². The third kappa shape index (κ3) is 2.40. The monoisotopic (exact) mass is 376 g/mol. The predicted molar refractivity (Wildman–Crippen MR) is 116 cm³/mol. The zero-order valence-corrected chi connectivity index (χ0v) is 16.6. The maximum absolute atomic E-state index is 2.39. The van der Waals surface area contributed by atoms with Gasteiger partial charge in [0.05, 0.1) is 12.6 Å². The number of rotatable bonds is 2. The molecule has 6 rings (SSSR count). The van der Waals surface area contributed by atoms with Crippen LogP contribution >= 0.6 is 0 Å². The number of aryl methyl sites for hydroxylation is 2. The molecule has 3 heteroatoms. The summed E-state index contributed by atoms with van der Waals surface area (Å²) in [7, 11) is 2.12. The van der Waals surface area contributed by atoms with Crippen LogP contribution in [0.4, 0.5) is 0 Å². The molecular weight excluding hydrogens is 354 g/mol. The second kappa shape index (κ2) is 5.95. The van der Waals surface area contributed by atoms with Crippen LogP contribution < -0.4 is 4.57 Å². The normalized spacial score (nSPS) is 12.3. The summed E-state index contributed by atoms with van der Waals surface area (Å²) in [5.74, 6) is 1.20. The number of fused-ring (bicyclic) bond motifs is 4. The van der Waals surface area contributed by atoms with Crippen molar-refractivity contribution < 1.29 is 4.57 Å². The van der Waals surface area contributed by atoms with Crippen molar-refractivity contribution in [3.63, 3.8) is 0 Å². The van der Waals surface area contributed by atoms with E-state index in [2.05, 4.69) is 113 Å². The highest BCUT2D eigenvalue weighted by atomic mass is 15.1. The van der Waals surface area contributed by atoms with Gasteiger partial charge in [0.15, 0.2) is 0 Å². The molecule has 2 aromatic carbocycles. The van der Waals surface area contributed by atoms with Crippen LogP contribution in [0.15, 0.2) is 85.5 Å². The van der Waals surface area contributed by atoms with Crippen molar-refractivity contribution in [1.29, 1.82) is 0 Å². The highest BCUT2D eigenvalue weighted by molar-refractivity contribution is 5.83. The smallest absolute Gasteiger partial charge is 0.294 e. The first-order valence-corrected chi connectivity index (χ1v) is 10.1. The maximum Gasteiger partial charge on any atom is 0.294 e. The lowest BCUT2D eigenvalue weighted by atomic mass is 9.98. The molecule has 0 radical (unpaired) electrons. The van der Waals surface area contributed by atoms with E-state index in [1.807, 2.05) is 0 Å². The van der Waals surface area contributed by atoms with Crippen molar-refractivity contribution in [3.8, 4) is 28.2 Å². The van der Waals surface area contributed by atoms with Crippen LogP contribution in [0, 0.1) is 6.92 Å². The molecule has 140 valence electrons. The van der Waals surface area contributed by atoms with Crippen molar-refractivity contribution in [2.24, 2.45) is 7.05 Å². The molecule has 0 aliphatic heterocycles. The van der Waals surface area contributed by atoms with Gasteiger partial charge in [-0.1, -0.05) is 24.3 Å². The fourth-order valence-corrected chi connectivity index (χ4v) is 4.72. The Balaban J connectivity index is 1.58. The fourth-order valence-electron chi connectivity index (χ4n) is 4.72. The topological polar surface area (TPSA) is 13.2 Å². The lowest BCUT2D eigenvalue weighted by Crippen LogP contribution is -2.29. The van der Waals surface area contributed by atoms with Gasteiger partial charge in [-0.2, -0.15) is 4.57 Å². The molecule has 0 saturated heterocycles. The third-order valence-corrected chi connectivity index (χ3v) is 6.14. The summed E-state index contributed by atoms with van der Waals surface area (Å²) in [6.45, 7) is 2.23. The van der Waals surface area contributed by atoms with Crippen LogP contribution in [0.3, 0.4) is 0 Å². The Morgan fingerprint density at radius 1 is 0.828 bits per heavy atom. The van der Waals surface area contributed by atoms with Crippen LogP contribution in [0.5, 0.6) is 0 Å². The molecule has 0 N–H and O–H groups in total. The Morgan fingerprint density at radius 2 is 1.66 bits per heavy atom. The van der Waals surface area contributed by atoms with Gasteiger partial charge in [-0.25, -0.2) is 4.57 Å². The molecule has 1 aliphatic rings. The van der Waals surface area contributed by atoms with E-state index < -0.39 is 0 Å². The van der Waals surface area contributed by atoms with Gasteiger partial charge < -0.3 is 4.40 Å². The Kier molecular flexibility index (Phi) is 3.36. The molecule has 0 spiro atoms. The van der Waals surface area contributed by atoms with E-state index >= 15 is 0 Å². The number of imidazole rings is 1. The Hall–Kier alpha value is -3.59. The van der Waals surface area contributed by atoms with Crippen molar-refractivity contribution in [1.82, 2.24) is 8.97 Å². The number of benzene rings is 2. The first-order valence-electron chi connectivity index (χ1n) is 10.1. The highest BCUT2D eigenvalue weighted by Gasteiger charge is 2.26. The molecule has 0 atom stereocenters. The summed E-state index contributed by atoms with van der Waals surface area (Å²) in [5, 5.41) is 0. The summed E-state index contributed by atoms with van der Waals surface area (Å²) in [4.78, 5) is 0. The molecule has 0 bridgehead atoms. The number of aromatic nitrogens is 3. The van der Waals surface area contributed by atoms with E-state index in [-0.39, 0.29) is 0 Å². The average molecular weight is 376 g/mol. The Morgan fingerprint density at radius 3 is 2.52 bits per heavy atom. The quantitative estimate of drug-likeness (QED) is 0.373. The second-order valence-corrected chi connectivity index (χ2v) is 7.99. The van der Waals surface area contributed by atoms with Crippen LogP contribution in [-0.4, -0.2) is 8.97 Å². The standard InChI is InChI=1S/C26H22N3/c1-18-13-19-14-20-17-28-10-6-9-22(28)15-24(20)25(19)16-23(18)26-27(2)11-12-29(26)21-7-4-3-5-8-21/h3-13,15-17H,14H2,1-2H3/q+1. The van der Waals surface area contributed by atoms with Gasteiger partial charge in [-0.3, -0.25) is 0 Å². The van der Waals surface area contributed by atoms with Gasteiger partial charge in [0.1, 0.15) is 18.1 Å². The van der Waals surface area contributed by atoms with Crippen molar-refractivity contribution >= 4 is 5.52 Å². The number of hydrogen-bond acceptors (Lipinski definition) is 0. The number of pyridine rings is 1. The minimum atomic E-state index is 1.01. The van der Waals surface area contributed by atoms with E-state index in [0.29, 0.717) is 0 Å². The molecule has 3 heterocycles. The van der Waals surface area contributed by atoms with Gasteiger partial charge in [0, 0.05) is 24.3 Å². The first kappa shape index (κ1) is 16.4. The third-order valence-electron chi connectivity index (χ3n) is 6.14. The summed E-state index contributed by atoms with van der Waals surface area (Å²) in [5.41, 5.74) is 10.6. The molecular formula is C26H22N3+. The summed E-state index contributed by atoms with van der Waals surface area (Å²) in [6, 6.07) is 21.9. The predicted octanol–water partition coefficient (Wildman–Crippen LogP) is 5.10. The van der Waals surface area contributed by atoms with Gasteiger partial charge in [0.2, 0.25) is 0 Å². The summed E-state index contributed by atoms with van der Waals surface area (Å²) in [6.07, 6.45) is 9.70. The molecule has 0 unspecified atom stereocenters. The van der Waals surface area contributed by atoms with E-state index in [0.717, 1.165) is 6.42 Å². The minimum absolute atomic E-state index is 1.01. The lowest BCUT2D eigenvalue weighted by molar-refractivity contribution is -0.659. The largest absolute Gasteiger partial charge is 0.324 e. The zero-order chi connectivity index (χ0) is 19.5. The fraction of sp³-hybridized carbons (Fsp3) is 0.115. The summed E-state index contributed by atoms with van der Waals surface area (Å²) < 4.78 is 6.72. The number of hydrogen-bond donors (Lipinski definition) is 0. The molecule has 5 aromatic rings. The van der Waals surface area contributed by atoms with Gasteiger partial charge in [-0.05, 0) is 71.1 Å². The van der Waals surface area contributed by atoms with Crippen LogP contribution in [0.1, 0.15) is 16.7 Å². The van der Waals surface area contributed by atoms with Gasteiger partial charge in [0.25, 0.3) is 5.82 Å². The van der Waals surface area contributed by atoms with E-state index in [1.165, 1.54) is 50.4 Å². The van der Waals surface area contributed by atoms with Gasteiger partial charge >= 0.3 is 0 Å². The van der Waals surface area contributed by atoms with E-state index in [4.69, 9.17) is 0 Å². The van der Waals surface area contributed by atoms with E-state index in [1.54, 1.807) is 0 Å². The molecule has 3 nitrogen and oxygen atoms in total. The molecule has 0 amide bonds. The summed E-state index contributed by atoms with van der Waals surface area (Å²) >= 11 is 0. The number of para-hydroxylation sites is 1. The SMILES string of the molecule is Cc1cc2c(cc1-c1n(-c3ccccc3)cc[n+]1C)-c1cc3cccn3cc1C2. The highest BCUT2D eigenvalue weighted by Crippen LogP contribution is 2.40. The lowest BCUT2D eigenvalue weighted by Gasteiger charge is -2.10. The van der Waals surface area contributed by atoms with Crippen molar-refractivity contribution in [2.45, 2.75) is 13.3 Å². The molecule has 0 fully saturated rings. The van der Waals surface area contributed by atoms with Crippen LogP contribution in [0.25, 0.3) is 33.7 Å². The molecule has 3 aromatic heterocycles. The average Bonchev–Trinajstić information content (AvgIpc) is 3.42. The maximum atomic E-state index is 2.39. The molecule has 0 saturated carbocycles. The molecule has 1 aliphatic carbocycles.